The Balaban J connectivity index is 2.09. The van der Waals surface area contributed by atoms with Crippen molar-refractivity contribution in [3.63, 3.8) is 0 Å². The molecule has 144 valence electrons. The zero-order valence-electron chi connectivity index (χ0n) is 15.5. The summed E-state index contributed by atoms with van der Waals surface area (Å²) in [5, 5.41) is 30.8. The zero-order chi connectivity index (χ0) is 19.5. The van der Waals surface area contributed by atoms with Gasteiger partial charge in [0.1, 0.15) is 18.0 Å². The molecule has 5 heteroatoms. The van der Waals surface area contributed by atoms with Crippen molar-refractivity contribution >= 4 is 5.78 Å². The van der Waals surface area contributed by atoms with Crippen molar-refractivity contribution < 1.29 is 24.9 Å². The predicted octanol–water partition coefficient (Wildman–Crippen LogP) is 2.47. The zero-order valence-corrected chi connectivity index (χ0v) is 15.5. The highest BCUT2D eigenvalue weighted by Gasteiger charge is 2.59. The minimum absolute atomic E-state index is 0.0842. The van der Waals surface area contributed by atoms with Crippen LogP contribution in [-0.4, -0.2) is 46.0 Å². The van der Waals surface area contributed by atoms with Gasteiger partial charge in [0, 0.05) is 5.56 Å². The number of ether oxygens (including phenoxy) is 1. The SMILES string of the molecule is CC1(O)C(O)CCCC1(C(=O)c1ccccc1)c1ccc(OCCO)cc1. The Morgan fingerprint density at radius 3 is 2.44 bits per heavy atom. The minimum atomic E-state index is -1.61. The predicted molar refractivity (Wildman–Crippen MR) is 102 cm³/mol. The molecule has 2 aromatic carbocycles. The van der Waals surface area contributed by atoms with Gasteiger partial charge in [-0.25, -0.2) is 0 Å². The molecule has 2 aromatic rings. The molecule has 1 aliphatic rings. The molecule has 0 bridgehead atoms. The van der Waals surface area contributed by atoms with Crippen LogP contribution >= 0.6 is 0 Å². The first kappa shape index (κ1) is 19.5. The van der Waals surface area contributed by atoms with Crippen molar-refractivity contribution in [1.82, 2.24) is 0 Å². The summed E-state index contributed by atoms with van der Waals surface area (Å²) in [5.74, 6) is 0.377. The van der Waals surface area contributed by atoms with E-state index in [1.807, 2.05) is 6.07 Å². The van der Waals surface area contributed by atoms with E-state index in [1.54, 1.807) is 55.5 Å². The average molecular weight is 370 g/mol. The Kier molecular flexibility index (Phi) is 5.65. The minimum Gasteiger partial charge on any atom is -0.491 e. The lowest BCUT2D eigenvalue weighted by molar-refractivity contribution is -0.126. The lowest BCUT2D eigenvalue weighted by Gasteiger charge is -2.50. The third-order valence-corrected chi connectivity index (χ3v) is 5.67. The lowest BCUT2D eigenvalue weighted by atomic mass is 9.56. The average Bonchev–Trinajstić information content (AvgIpc) is 2.69. The van der Waals surface area contributed by atoms with Crippen LogP contribution in [0.2, 0.25) is 0 Å². The van der Waals surface area contributed by atoms with Crippen LogP contribution in [0.1, 0.15) is 42.1 Å². The maximum atomic E-state index is 13.6. The van der Waals surface area contributed by atoms with Gasteiger partial charge in [-0.2, -0.15) is 0 Å². The Labute approximate surface area is 159 Å². The Morgan fingerprint density at radius 2 is 1.81 bits per heavy atom. The molecule has 1 fully saturated rings. The fraction of sp³-hybridized carbons (Fsp3) is 0.409. The Bertz CT molecular complexity index is 769. The van der Waals surface area contributed by atoms with E-state index >= 15 is 0 Å². The highest BCUT2D eigenvalue weighted by atomic mass is 16.5. The second-order valence-corrected chi connectivity index (χ2v) is 7.25. The molecule has 1 aliphatic carbocycles. The lowest BCUT2D eigenvalue weighted by Crippen LogP contribution is -2.63. The summed E-state index contributed by atoms with van der Waals surface area (Å²) in [7, 11) is 0. The molecule has 1 saturated carbocycles. The molecular formula is C22H26O5. The number of rotatable bonds is 6. The number of benzene rings is 2. The maximum absolute atomic E-state index is 13.6. The van der Waals surface area contributed by atoms with Crippen molar-refractivity contribution in [3.8, 4) is 5.75 Å². The van der Waals surface area contributed by atoms with Crippen LogP contribution in [0.5, 0.6) is 5.75 Å². The quantitative estimate of drug-likeness (QED) is 0.680. The molecule has 0 saturated heterocycles. The van der Waals surface area contributed by atoms with Gasteiger partial charge in [0.05, 0.1) is 18.1 Å². The Morgan fingerprint density at radius 1 is 1.15 bits per heavy atom. The summed E-state index contributed by atoms with van der Waals surface area (Å²) in [6.07, 6.45) is 0.540. The summed E-state index contributed by atoms with van der Waals surface area (Å²) in [5.41, 5.74) is -1.70. The van der Waals surface area contributed by atoms with Gasteiger partial charge >= 0.3 is 0 Å². The first-order valence-corrected chi connectivity index (χ1v) is 9.28. The maximum Gasteiger partial charge on any atom is 0.176 e. The van der Waals surface area contributed by atoms with Crippen molar-refractivity contribution in [1.29, 1.82) is 0 Å². The van der Waals surface area contributed by atoms with Gasteiger partial charge in [-0.05, 0) is 43.9 Å². The van der Waals surface area contributed by atoms with Gasteiger partial charge in [-0.15, -0.1) is 0 Å². The van der Waals surface area contributed by atoms with E-state index < -0.39 is 17.1 Å². The van der Waals surface area contributed by atoms with E-state index in [9.17, 15) is 15.0 Å². The van der Waals surface area contributed by atoms with Gasteiger partial charge in [0.2, 0.25) is 0 Å². The van der Waals surface area contributed by atoms with E-state index in [0.717, 1.165) is 0 Å². The molecule has 0 heterocycles. The number of ketones is 1. The van der Waals surface area contributed by atoms with Gasteiger partial charge < -0.3 is 20.1 Å². The van der Waals surface area contributed by atoms with Gasteiger partial charge in [0.25, 0.3) is 0 Å². The molecule has 0 aliphatic heterocycles. The molecule has 3 rings (SSSR count). The molecule has 0 radical (unpaired) electrons. The smallest absolute Gasteiger partial charge is 0.176 e. The second kappa shape index (κ2) is 7.80. The molecule has 0 aromatic heterocycles. The van der Waals surface area contributed by atoms with E-state index in [-0.39, 0.29) is 19.0 Å². The third kappa shape index (κ3) is 3.38. The third-order valence-electron chi connectivity index (χ3n) is 5.67. The van der Waals surface area contributed by atoms with Crippen molar-refractivity contribution in [2.45, 2.75) is 43.3 Å². The standard InChI is InChI=1S/C22H26O5/c1-21(26)19(24)8-5-13-22(21,20(25)16-6-3-2-4-7-16)17-9-11-18(12-10-17)27-15-14-23/h2-4,6-7,9-12,19,23-24,26H,5,8,13-15H2,1H3. The van der Waals surface area contributed by atoms with Crippen molar-refractivity contribution in [2.24, 2.45) is 0 Å². The van der Waals surface area contributed by atoms with E-state index in [1.165, 1.54) is 0 Å². The summed E-state index contributed by atoms with van der Waals surface area (Å²) >= 11 is 0. The first-order valence-electron chi connectivity index (χ1n) is 9.28. The second-order valence-electron chi connectivity index (χ2n) is 7.25. The van der Waals surface area contributed by atoms with E-state index in [2.05, 4.69) is 0 Å². The molecule has 3 atom stereocenters. The van der Waals surface area contributed by atoms with Crippen LogP contribution in [0.4, 0.5) is 0 Å². The monoisotopic (exact) mass is 370 g/mol. The molecule has 3 N–H and O–H groups in total. The van der Waals surface area contributed by atoms with Crippen molar-refractivity contribution in [2.75, 3.05) is 13.2 Å². The van der Waals surface area contributed by atoms with E-state index in [4.69, 9.17) is 9.84 Å². The highest BCUT2D eigenvalue weighted by Crippen LogP contribution is 2.49. The summed E-state index contributed by atoms with van der Waals surface area (Å²) < 4.78 is 5.40. The van der Waals surface area contributed by atoms with Crippen LogP contribution in [-0.2, 0) is 5.41 Å². The fourth-order valence-electron chi connectivity index (χ4n) is 4.13. The summed E-state index contributed by atoms with van der Waals surface area (Å²) in [6, 6.07) is 15.9. The molecular weight excluding hydrogens is 344 g/mol. The topological polar surface area (TPSA) is 87.0 Å². The normalized spacial score (nSPS) is 27.9. The molecule has 0 spiro atoms. The summed E-state index contributed by atoms with van der Waals surface area (Å²) in [4.78, 5) is 13.6. The molecule has 3 unspecified atom stereocenters. The van der Waals surface area contributed by atoms with Crippen LogP contribution in [0.25, 0.3) is 0 Å². The fourth-order valence-corrected chi connectivity index (χ4v) is 4.13. The number of hydrogen-bond donors (Lipinski definition) is 3. The van der Waals surface area contributed by atoms with Crippen molar-refractivity contribution in [3.05, 3.63) is 65.7 Å². The van der Waals surface area contributed by atoms with Crippen LogP contribution in [0.15, 0.2) is 54.6 Å². The number of Topliss-reactive ketones (excluding diaryl/α,β-unsaturated/α-hetero) is 1. The summed E-state index contributed by atoms with van der Waals surface area (Å²) in [6.45, 7) is 1.65. The number of carbonyl (C=O) groups is 1. The van der Waals surface area contributed by atoms with Gasteiger partial charge in [-0.3, -0.25) is 4.79 Å². The van der Waals surface area contributed by atoms with Crippen LogP contribution in [0.3, 0.4) is 0 Å². The number of aliphatic hydroxyl groups is 3. The molecule has 5 nitrogen and oxygen atoms in total. The largest absolute Gasteiger partial charge is 0.491 e. The first-order chi connectivity index (χ1) is 12.9. The molecule has 0 amide bonds. The highest BCUT2D eigenvalue weighted by molar-refractivity contribution is 6.05. The van der Waals surface area contributed by atoms with Crippen LogP contribution < -0.4 is 4.74 Å². The van der Waals surface area contributed by atoms with Crippen LogP contribution in [0, 0.1) is 0 Å². The molecule has 27 heavy (non-hydrogen) atoms. The van der Waals surface area contributed by atoms with Gasteiger partial charge in [0.15, 0.2) is 5.78 Å². The number of carbonyl (C=O) groups excluding carboxylic acids is 1. The Hall–Kier alpha value is -2.21. The van der Waals surface area contributed by atoms with E-state index in [0.29, 0.717) is 36.1 Å². The van der Waals surface area contributed by atoms with Gasteiger partial charge in [-0.1, -0.05) is 42.5 Å². The number of hydrogen-bond acceptors (Lipinski definition) is 5. The number of aliphatic hydroxyl groups excluding tert-OH is 2.